The monoisotopic (exact) mass is 766 g/mol. The summed E-state index contributed by atoms with van der Waals surface area (Å²) in [4.78, 5) is -6.18. The molecule has 0 nitrogen and oxygen atoms in total. The molecule has 0 aromatic heterocycles. The molecule has 0 heterocycles. The summed E-state index contributed by atoms with van der Waals surface area (Å²) in [5.41, 5.74) is 1.70. The van der Waals surface area contributed by atoms with Gasteiger partial charge >= 0.3 is 0 Å². The first-order chi connectivity index (χ1) is 16.4. The molecule has 0 aliphatic heterocycles. The smallest absolute Gasteiger partial charge is 0.120 e. The Morgan fingerprint density at radius 2 is 0.778 bits per heavy atom. The van der Waals surface area contributed by atoms with Crippen LogP contribution in [0.5, 0.6) is 0 Å². The van der Waals surface area contributed by atoms with Crippen molar-refractivity contribution in [2.75, 3.05) is 0 Å². The van der Waals surface area contributed by atoms with E-state index in [1.54, 1.807) is 0 Å². The van der Waals surface area contributed by atoms with E-state index in [9.17, 15) is 0 Å². The largest absolute Gasteiger partial charge is 0.168 e. The summed E-state index contributed by atoms with van der Waals surface area (Å²) in [5, 5.41) is -1.45. The number of hydrogen-bond donors (Lipinski definition) is 0. The van der Waals surface area contributed by atoms with Gasteiger partial charge in [0, 0.05) is 11.8 Å². The van der Waals surface area contributed by atoms with E-state index in [1.807, 2.05) is 24.3 Å². The molecule has 36 heavy (non-hydrogen) atoms. The van der Waals surface area contributed by atoms with Crippen LogP contribution in [0.2, 0.25) is 0 Å². The number of rotatable bonds is 4. The first-order valence-corrected chi connectivity index (χ1v) is 15.8. The highest BCUT2D eigenvalue weighted by Gasteiger charge is 2.83. The summed E-state index contributed by atoms with van der Waals surface area (Å²) < 4.78 is -3.52. The summed E-state index contributed by atoms with van der Waals surface area (Å²) in [6.45, 7) is 0. The Balaban J connectivity index is 1.53. The van der Waals surface area contributed by atoms with Crippen LogP contribution in [0, 0.1) is 11.8 Å². The molecular formula is C22H12Cl14. The van der Waals surface area contributed by atoms with Crippen LogP contribution >= 0.6 is 162 Å². The lowest BCUT2D eigenvalue weighted by molar-refractivity contribution is 0.451. The number of hydrogen-bond acceptors (Lipinski definition) is 0. The van der Waals surface area contributed by atoms with Crippen LogP contribution < -0.4 is 0 Å². The first kappa shape index (κ1) is 30.2. The summed E-state index contributed by atoms with van der Waals surface area (Å²) in [5.74, 6) is -1.17. The zero-order valence-electron chi connectivity index (χ0n) is 17.3. The van der Waals surface area contributed by atoms with Gasteiger partial charge in [0.25, 0.3) is 0 Å². The number of allylic oxidation sites excluding steroid dienone is 4. The molecule has 1 aromatic rings. The minimum Gasteiger partial charge on any atom is -0.120 e. The fourth-order valence-electron chi connectivity index (χ4n) is 5.97. The van der Waals surface area contributed by atoms with Crippen LogP contribution in [0.25, 0.3) is 0 Å². The average molecular weight is 773 g/mol. The minimum atomic E-state index is -1.76. The molecule has 0 radical (unpaired) electrons. The number of fused-ring (bicyclic) bond motifs is 4. The lowest BCUT2D eigenvalue weighted by atomic mass is 9.81. The molecule has 0 amide bonds. The van der Waals surface area contributed by atoms with Gasteiger partial charge in [-0.3, -0.25) is 0 Å². The third kappa shape index (κ3) is 3.17. The second kappa shape index (κ2) is 9.13. The molecule has 4 aliphatic carbocycles. The Morgan fingerprint density at radius 3 is 1.06 bits per heavy atom. The van der Waals surface area contributed by atoms with E-state index < -0.39 is 50.8 Å². The Labute approximate surface area is 278 Å². The van der Waals surface area contributed by atoms with Crippen molar-refractivity contribution in [3.8, 4) is 0 Å². The summed E-state index contributed by atoms with van der Waals surface area (Å²) in [6.07, 6.45) is 0.615. The maximum atomic E-state index is 7.00. The Kier molecular flexibility index (Phi) is 7.67. The molecule has 0 spiro atoms. The van der Waals surface area contributed by atoms with E-state index in [2.05, 4.69) is 0 Å². The Morgan fingerprint density at radius 1 is 0.500 bits per heavy atom. The molecule has 4 aliphatic rings. The maximum absolute atomic E-state index is 7.00. The summed E-state index contributed by atoms with van der Waals surface area (Å²) >= 11 is 93.9. The highest BCUT2D eigenvalue weighted by Crippen LogP contribution is 2.77. The molecule has 0 N–H and O–H groups in total. The van der Waals surface area contributed by atoms with E-state index in [4.69, 9.17) is 162 Å². The van der Waals surface area contributed by atoms with Crippen molar-refractivity contribution >= 4 is 162 Å². The lowest BCUT2D eigenvalue weighted by Crippen LogP contribution is -2.45. The van der Waals surface area contributed by atoms with Crippen molar-refractivity contribution < 1.29 is 0 Å². The van der Waals surface area contributed by atoms with Gasteiger partial charge in [-0.1, -0.05) is 117 Å². The standard InChI is InChI=1S/C22H12Cl14/c23-11-9(17(29)13(25)15(27)19(11,31)21(17,33)34)5-7-3-1-2-4-8(7)6-10-12(24)20(32)16(28)14(26)18(10,30)22(20,35)36/h1-4,9-12H,5-6H2. The second-order valence-corrected chi connectivity index (χ2v) is 16.9. The van der Waals surface area contributed by atoms with Crippen molar-refractivity contribution in [3.63, 3.8) is 0 Å². The Hall–Kier alpha value is 2.76. The van der Waals surface area contributed by atoms with Gasteiger partial charge in [-0.25, -0.2) is 0 Å². The molecule has 198 valence electrons. The molecule has 8 unspecified atom stereocenters. The predicted molar refractivity (Wildman–Crippen MR) is 161 cm³/mol. The molecular weight excluding hydrogens is 761 g/mol. The van der Waals surface area contributed by atoms with Crippen LogP contribution in [0.15, 0.2) is 44.4 Å². The van der Waals surface area contributed by atoms with Gasteiger partial charge in [0.1, 0.15) is 19.5 Å². The molecule has 2 saturated carbocycles. The highest BCUT2D eigenvalue weighted by molar-refractivity contribution is 6.68. The van der Waals surface area contributed by atoms with Crippen LogP contribution in [0.3, 0.4) is 0 Å². The van der Waals surface area contributed by atoms with Crippen molar-refractivity contribution in [3.05, 3.63) is 55.5 Å². The number of benzene rings is 1. The number of alkyl halides is 10. The van der Waals surface area contributed by atoms with Crippen molar-refractivity contribution in [1.29, 1.82) is 0 Å². The molecule has 14 heteroatoms. The molecule has 5 rings (SSSR count). The van der Waals surface area contributed by atoms with Gasteiger partial charge in [0.2, 0.25) is 0 Å². The van der Waals surface area contributed by atoms with Gasteiger partial charge in [-0.05, 0) is 24.0 Å². The summed E-state index contributed by atoms with van der Waals surface area (Å²) in [7, 11) is 0. The number of halogens is 14. The van der Waals surface area contributed by atoms with E-state index in [0.717, 1.165) is 11.1 Å². The minimum absolute atomic E-state index is 0.0395. The van der Waals surface area contributed by atoms with E-state index in [-0.39, 0.29) is 20.1 Å². The molecule has 0 saturated heterocycles. The maximum Gasteiger partial charge on any atom is 0.168 e. The van der Waals surface area contributed by atoms with Crippen LogP contribution in [-0.2, 0) is 12.8 Å². The highest BCUT2D eigenvalue weighted by atomic mass is 35.5. The van der Waals surface area contributed by atoms with E-state index >= 15 is 0 Å². The lowest BCUT2D eigenvalue weighted by Gasteiger charge is -2.36. The summed E-state index contributed by atoms with van der Waals surface area (Å²) in [6, 6.07) is 7.54. The van der Waals surface area contributed by atoms with Crippen molar-refractivity contribution in [2.24, 2.45) is 11.8 Å². The normalized spacial score (nSPS) is 46.4. The topological polar surface area (TPSA) is 0 Å². The predicted octanol–water partition coefficient (Wildman–Crippen LogP) is 10.9. The van der Waals surface area contributed by atoms with Crippen LogP contribution in [0.4, 0.5) is 0 Å². The van der Waals surface area contributed by atoms with Gasteiger partial charge in [-0.15, -0.1) is 69.6 Å². The first-order valence-electron chi connectivity index (χ1n) is 10.4. The molecule has 1 aromatic carbocycles. The van der Waals surface area contributed by atoms with Gasteiger partial charge < -0.3 is 0 Å². The fourth-order valence-corrected chi connectivity index (χ4v) is 13.4. The van der Waals surface area contributed by atoms with Gasteiger partial charge in [0.15, 0.2) is 8.67 Å². The molecule has 8 atom stereocenters. The second-order valence-electron chi connectivity index (χ2n) is 9.45. The van der Waals surface area contributed by atoms with E-state index in [1.165, 1.54) is 0 Å². The third-order valence-electron chi connectivity index (χ3n) is 7.98. The van der Waals surface area contributed by atoms with Gasteiger partial charge in [0.05, 0.1) is 30.9 Å². The average Bonchev–Trinajstić information content (AvgIpc) is 3.12. The molecule has 4 bridgehead atoms. The van der Waals surface area contributed by atoms with Gasteiger partial charge in [-0.2, -0.15) is 0 Å². The van der Waals surface area contributed by atoms with Crippen LogP contribution in [0.1, 0.15) is 11.1 Å². The fraction of sp³-hybridized carbons (Fsp3) is 0.545. The quantitative estimate of drug-likeness (QED) is 0.268. The zero-order chi connectivity index (χ0) is 27.0. The SMILES string of the molecule is ClC1=C(Cl)C2(Cl)C(Cc3ccccc3CC3C(Cl)C4(Cl)C(Cl)=C(Cl)C3(Cl)C4(Cl)Cl)C(Cl)C1(Cl)C2(Cl)Cl. The van der Waals surface area contributed by atoms with Crippen LogP contribution in [-0.4, -0.2) is 38.9 Å². The van der Waals surface area contributed by atoms with Crippen molar-refractivity contribution in [1.82, 2.24) is 0 Å². The van der Waals surface area contributed by atoms with E-state index in [0.29, 0.717) is 12.8 Å². The molecule has 2 fully saturated rings. The zero-order valence-corrected chi connectivity index (χ0v) is 27.9. The van der Waals surface area contributed by atoms with Crippen molar-refractivity contribution in [2.45, 2.75) is 51.8 Å². The third-order valence-corrected chi connectivity index (χ3v) is 18.1. The Bertz CT molecular complexity index is 1130.